The summed E-state index contributed by atoms with van der Waals surface area (Å²) in [5, 5.41) is 5.77. The summed E-state index contributed by atoms with van der Waals surface area (Å²) in [6, 6.07) is 7.33. The van der Waals surface area contributed by atoms with Crippen LogP contribution >= 0.6 is 0 Å². The average Bonchev–Trinajstić information content (AvgIpc) is 2.83. The van der Waals surface area contributed by atoms with Crippen LogP contribution in [0.2, 0.25) is 0 Å². The third-order valence-electron chi connectivity index (χ3n) is 3.43. The van der Waals surface area contributed by atoms with E-state index in [-0.39, 0.29) is 30.0 Å². The van der Waals surface area contributed by atoms with Crippen LogP contribution in [0.5, 0.6) is 5.75 Å². The highest BCUT2D eigenvalue weighted by atomic mass is 32.2. The second kappa shape index (κ2) is 6.91. The molecule has 21 heavy (non-hydrogen) atoms. The van der Waals surface area contributed by atoms with Crippen LogP contribution in [-0.4, -0.2) is 45.5 Å². The number of methoxy groups -OCH3 is 1. The molecule has 0 aliphatic carbocycles. The van der Waals surface area contributed by atoms with E-state index in [4.69, 9.17) is 4.74 Å². The number of sulfone groups is 1. The SMILES string of the molecule is COc1ccc(CNC(=O)CNC2CCS(=O)(=O)C2)cc1. The molecule has 1 unspecified atom stereocenters. The van der Waals surface area contributed by atoms with Gasteiger partial charge in [-0.1, -0.05) is 12.1 Å². The summed E-state index contributed by atoms with van der Waals surface area (Å²) in [4.78, 5) is 11.7. The van der Waals surface area contributed by atoms with Crippen molar-refractivity contribution >= 4 is 15.7 Å². The minimum absolute atomic E-state index is 0.110. The molecular formula is C14H20N2O4S. The molecule has 1 aromatic carbocycles. The molecule has 1 atom stereocenters. The molecule has 0 aromatic heterocycles. The van der Waals surface area contributed by atoms with E-state index in [0.29, 0.717) is 13.0 Å². The highest BCUT2D eigenvalue weighted by Gasteiger charge is 2.27. The third kappa shape index (κ3) is 5.02. The van der Waals surface area contributed by atoms with Crippen LogP contribution in [0.25, 0.3) is 0 Å². The van der Waals surface area contributed by atoms with Crippen molar-refractivity contribution in [2.75, 3.05) is 25.2 Å². The normalized spacial score (nSPS) is 20.1. The molecule has 1 fully saturated rings. The molecule has 1 amide bonds. The fourth-order valence-electron chi connectivity index (χ4n) is 2.20. The standard InChI is InChI=1S/C14H20N2O4S/c1-20-13-4-2-11(3-5-13)8-16-14(17)9-15-12-6-7-21(18,19)10-12/h2-5,12,15H,6-10H2,1H3,(H,16,17). The molecule has 0 bridgehead atoms. The number of nitrogens with one attached hydrogen (secondary N) is 2. The summed E-state index contributed by atoms with van der Waals surface area (Å²) >= 11 is 0. The van der Waals surface area contributed by atoms with Gasteiger partial charge in [0.15, 0.2) is 9.84 Å². The van der Waals surface area contributed by atoms with Crippen molar-refractivity contribution in [3.63, 3.8) is 0 Å². The van der Waals surface area contributed by atoms with E-state index < -0.39 is 9.84 Å². The van der Waals surface area contributed by atoms with E-state index >= 15 is 0 Å². The van der Waals surface area contributed by atoms with Crippen LogP contribution in [-0.2, 0) is 21.2 Å². The number of hydrogen-bond donors (Lipinski definition) is 2. The van der Waals surface area contributed by atoms with E-state index in [1.165, 1.54) is 0 Å². The molecule has 7 heteroatoms. The van der Waals surface area contributed by atoms with Gasteiger partial charge in [0.2, 0.25) is 5.91 Å². The summed E-state index contributed by atoms with van der Waals surface area (Å²) in [6.45, 7) is 0.573. The molecule has 2 rings (SSSR count). The first-order chi connectivity index (χ1) is 9.98. The van der Waals surface area contributed by atoms with E-state index in [9.17, 15) is 13.2 Å². The lowest BCUT2D eigenvalue weighted by Gasteiger charge is -2.11. The summed E-state index contributed by atoms with van der Waals surface area (Å²) in [5.74, 6) is 0.959. The number of benzene rings is 1. The first-order valence-corrected chi connectivity index (χ1v) is 8.64. The van der Waals surface area contributed by atoms with E-state index in [1.807, 2.05) is 24.3 Å². The topological polar surface area (TPSA) is 84.5 Å². The van der Waals surface area contributed by atoms with E-state index in [0.717, 1.165) is 11.3 Å². The second-order valence-corrected chi connectivity index (χ2v) is 7.33. The third-order valence-corrected chi connectivity index (χ3v) is 5.20. The number of hydrogen-bond acceptors (Lipinski definition) is 5. The molecule has 6 nitrogen and oxygen atoms in total. The van der Waals surface area contributed by atoms with Gasteiger partial charge in [-0.3, -0.25) is 4.79 Å². The van der Waals surface area contributed by atoms with Crippen LogP contribution in [0.3, 0.4) is 0 Å². The Morgan fingerprint density at radius 2 is 2.05 bits per heavy atom. The Kier molecular flexibility index (Phi) is 5.19. The zero-order valence-electron chi connectivity index (χ0n) is 12.0. The minimum atomic E-state index is -2.91. The Bertz CT molecular complexity index is 583. The van der Waals surface area contributed by atoms with Crippen molar-refractivity contribution in [2.45, 2.75) is 19.0 Å². The van der Waals surface area contributed by atoms with Crippen molar-refractivity contribution in [1.29, 1.82) is 0 Å². The first-order valence-electron chi connectivity index (χ1n) is 6.82. The maximum absolute atomic E-state index is 11.7. The Hall–Kier alpha value is -1.60. The Balaban J connectivity index is 1.70. The highest BCUT2D eigenvalue weighted by molar-refractivity contribution is 7.91. The van der Waals surface area contributed by atoms with Gasteiger partial charge in [0.25, 0.3) is 0 Å². The summed E-state index contributed by atoms with van der Waals surface area (Å²) < 4.78 is 27.7. The molecule has 0 radical (unpaired) electrons. The largest absolute Gasteiger partial charge is 0.497 e. The number of rotatable bonds is 6. The van der Waals surface area contributed by atoms with Crippen LogP contribution < -0.4 is 15.4 Å². The van der Waals surface area contributed by atoms with Crippen LogP contribution in [0, 0.1) is 0 Å². The maximum atomic E-state index is 11.7. The first kappa shape index (κ1) is 15.8. The van der Waals surface area contributed by atoms with Gasteiger partial charge >= 0.3 is 0 Å². The molecule has 1 saturated heterocycles. The molecule has 1 heterocycles. The molecule has 2 N–H and O–H groups in total. The predicted octanol–water partition coefficient (Wildman–Crippen LogP) is 0.0881. The van der Waals surface area contributed by atoms with Crippen LogP contribution in [0.4, 0.5) is 0 Å². The molecular weight excluding hydrogens is 292 g/mol. The average molecular weight is 312 g/mol. The lowest BCUT2D eigenvalue weighted by molar-refractivity contribution is -0.120. The number of ether oxygens (including phenoxy) is 1. The van der Waals surface area contributed by atoms with Crippen molar-refractivity contribution in [3.8, 4) is 5.75 Å². The Labute approximate surface area is 124 Å². The smallest absolute Gasteiger partial charge is 0.234 e. The fourth-order valence-corrected chi connectivity index (χ4v) is 3.91. The lowest BCUT2D eigenvalue weighted by Crippen LogP contribution is -2.39. The van der Waals surface area contributed by atoms with Gasteiger partial charge in [0.05, 0.1) is 25.2 Å². The molecule has 0 saturated carbocycles. The van der Waals surface area contributed by atoms with Crippen molar-refractivity contribution < 1.29 is 17.9 Å². The number of amides is 1. The zero-order valence-corrected chi connectivity index (χ0v) is 12.8. The van der Waals surface area contributed by atoms with Crippen molar-refractivity contribution in [1.82, 2.24) is 10.6 Å². The van der Waals surface area contributed by atoms with Gasteiger partial charge in [0.1, 0.15) is 5.75 Å². The summed E-state index contributed by atoms with van der Waals surface area (Å²) in [7, 11) is -1.31. The van der Waals surface area contributed by atoms with Crippen LogP contribution in [0.1, 0.15) is 12.0 Å². The predicted molar refractivity (Wildman–Crippen MR) is 79.9 cm³/mol. The lowest BCUT2D eigenvalue weighted by atomic mass is 10.2. The van der Waals surface area contributed by atoms with Gasteiger partial charge in [-0.05, 0) is 24.1 Å². The van der Waals surface area contributed by atoms with Gasteiger partial charge in [-0.15, -0.1) is 0 Å². The van der Waals surface area contributed by atoms with Gasteiger partial charge in [0, 0.05) is 12.6 Å². The van der Waals surface area contributed by atoms with Gasteiger partial charge < -0.3 is 15.4 Å². The van der Waals surface area contributed by atoms with Crippen molar-refractivity contribution in [3.05, 3.63) is 29.8 Å². The summed E-state index contributed by atoms with van der Waals surface area (Å²) in [5.41, 5.74) is 0.979. The Morgan fingerprint density at radius 3 is 2.62 bits per heavy atom. The van der Waals surface area contributed by atoms with E-state index in [2.05, 4.69) is 10.6 Å². The summed E-state index contributed by atoms with van der Waals surface area (Å²) in [6.07, 6.45) is 0.577. The molecule has 1 aliphatic rings. The van der Waals surface area contributed by atoms with Crippen molar-refractivity contribution in [2.24, 2.45) is 0 Å². The number of carbonyl (C=O) groups is 1. The molecule has 116 valence electrons. The zero-order chi connectivity index (χ0) is 15.3. The molecule has 0 spiro atoms. The van der Waals surface area contributed by atoms with Gasteiger partial charge in [-0.2, -0.15) is 0 Å². The Morgan fingerprint density at radius 1 is 1.33 bits per heavy atom. The fraction of sp³-hybridized carbons (Fsp3) is 0.500. The quantitative estimate of drug-likeness (QED) is 0.777. The minimum Gasteiger partial charge on any atom is -0.497 e. The molecule has 1 aliphatic heterocycles. The van der Waals surface area contributed by atoms with E-state index in [1.54, 1.807) is 7.11 Å². The van der Waals surface area contributed by atoms with Gasteiger partial charge in [-0.25, -0.2) is 8.42 Å². The number of carbonyl (C=O) groups excluding carboxylic acids is 1. The second-order valence-electron chi connectivity index (χ2n) is 5.11. The van der Waals surface area contributed by atoms with Crippen LogP contribution in [0.15, 0.2) is 24.3 Å². The monoisotopic (exact) mass is 312 g/mol. The molecule has 1 aromatic rings. The maximum Gasteiger partial charge on any atom is 0.234 e. The highest BCUT2D eigenvalue weighted by Crippen LogP contribution is 2.11.